The Hall–Kier alpha value is -0.620. The summed E-state index contributed by atoms with van der Waals surface area (Å²) in [5, 5.41) is -2.06. The first-order chi connectivity index (χ1) is 6.75. The Labute approximate surface area is 90.8 Å². The number of aromatic nitrogens is 1. The fourth-order valence-electron chi connectivity index (χ4n) is 0.876. The van der Waals surface area contributed by atoms with Gasteiger partial charge in [0.15, 0.2) is 0 Å². The van der Waals surface area contributed by atoms with E-state index in [-0.39, 0.29) is 0 Å². The van der Waals surface area contributed by atoms with Crippen LogP contribution >= 0.6 is 23.2 Å². The smallest absolute Gasteiger partial charge is 0.243 e. The molecule has 1 aromatic heterocycles. The fourth-order valence-corrected chi connectivity index (χ4v) is 1.50. The molecule has 1 aromatic rings. The molecule has 15 heavy (non-hydrogen) atoms. The Morgan fingerprint density at radius 2 is 1.73 bits per heavy atom. The van der Waals surface area contributed by atoms with Gasteiger partial charge in [0.05, 0.1) is 10.6 Å². The molecule has 1 nitrogen and oxygen atoms in total. The van der Waals surface area contributed by atoms with Gasteiger partial charge >= 0.3 is 6.18 Å². The Balaban J connectivity index is 3.44. The van der Waals surface area contributed by atoms with Gasteiger partial charge in [-0.25, -0.2) is 13.8 Å². The first kappa shape index (κ1) is 12.4. The van der Waals surface area contributed by atoms with Crippen molar-refractivity contribution in [3.05, 3.63) is 27.5 Å². The van der Waals surface area contributed by atoms with E-state index in [0.29, 0.717) is 6.20 Å². The van der Waals surface area contributed by atoms with E-state index >= 15 is 0 Å². The number of nitrogens with zero attached hydrogens (tertiary/aromatic N) is 1. The van der Waals surface area contributed by atoms with Crippen LogP contribution in [0.2, 0.25) is 10.2 Å². The van der Waals surface area contributed by atoms with Gasteiger partial charge in [-0.15, -0.1) is 0 Å². The summed E-state index contributed by atoms with van der Waals surface area (Å²) in [5.41, 5.74) is -2.53. The highest BCUT2D eigenvalue weighted by Crippen LogP contribution is 2.41. The summed E-state index contributed by atoms with van der Waals surface area (Å²) in [7, 11) is 0. The van der Waals surface area contributed by atoms with E-state index in [0.717, 1.165) is 0 Å². The number of pyridine rings is 1. The molecule has 0 aliphatic heterocycles. The van der Waals surface area contributed by atoms with Crippen molar-refractivity contribution in [1.29, 1.82) is 0 Å². The molecular weight excluding hydrogens is 264 g/mol. The van der Waals surface area contributed by atoms with Crippen molar-refractivity contribution in [2.75, 3.05) is 0 Å². The van der Waals surface area contributed by atoms with Crippen molar-refractivity contribution in [3.8, 4) is 0 Å². The molecule has 84 valence electrons. The van der Waals surface area contributed by atoms with Gasteiger partial charge in [0.1, 0.15) is 10.7 Å². The molecule has 0 saturated heterocycles. The number of halogens is 7. The summed E-state index contributed by atoms with van der Waals surface area (Å²) < 4.78 is 61.3. The van der Waals surface area contributed by atoms with E-state index in [9.17, 15) is 22.0 Å². The summed E-state index contributed by atoms with van der Waals surface area (Å²) >= 11 is 10.3. The first-order valence-corrected chi connectivity index (χ1v) is 4.20. The zero-order valence-corrected chi connectivity index (χ0v) is 8.26. The first-order valence-electron chi connectivity index (χ1n) is 3.44. The monoisotopic (exact) mass is 265 g/mol. The zero-order chi connectivity index (χ0) is 11.8. The lowest BCUT2D eigenvalue weighted by Crippen LogP contribution is -2.09. The minimum atomic E-state index is -4.91. The molecule has 0 aliphatic carbocycles. The van der Waals surface area contributed by atoms with Crippen molar-refractivity contribution >= 4 is 23.2 Å². The molecule has 0 radical (unpaired) electrons. The third-order valence-corrected chi connectivity index (χ3v) is 2.21. The van der Waals surface area contributed by atoms with Crippen molar-refractivity contribution in [1.82, 2.24) is 4.98 Å². The average Bonchev–Trinajstić information content (AvgIpc) is 2.00. The topological polar surface area (TPSA) is 12.9 Å². The maximum absolute atomic E-state index is 12.3. The summed E-state index contributed by atoms with van der Waals surface area (Å²) in [6.07, 6.45) is -7.53. The molecule has 0 amide bonds. The molecule has 0 fully saturated rings. The van der Waals surface area contributed by atoms with Gasteiger partial charge in [-0.1, -0.05) is 23.2 Å². The number of alkyl halides is 5. The van der Waals surface area contributed by atoms with Gasteiger partial charge in [0, 0.05) is 6.20 Å². The summed E-state index contributed by atoms with van der Waals surface area (Å²) in [6, 6.07) is 0. The standard InChI is InChI=1S/C7H2Cl2F5N/c8-4-2(6(10)11)1-15-5(9)3(4)7(12,13)14/h1,6H. The summed E-state index contributed by atoms with van der Waals surface area (Å²) in [6.45, 7) is 0. The molecule has 0 aromatic carbocycles. The summed E-state index contributed by atoms with van der Waals surface area (Å²) in [5.74, 6) is 0. The van der Waals surface area contributed by atoms with Crippen molar-refractivity contribution in [3.63, 3.8) is 0 Å². The van der Waals surface area contributed by atoms with Gasteiger partial charge in [-0.05, 0) is 0 Å². The van der Waals surface area contributed by atoms with Crippen LogP contribution < -0.4 is 0 Å². The van der Waals surface area contributed by atoms with Gasteiger partial charge < -0.3 is 0 Å². The van der Waals surface area contributed by atoms with E-state index in [1.54, 1.807) is 0 Å². The van der Waals surface area contributed by atoms with Crippen LogP contribution in [0.25, 0.3) is 0 Å². The molecule has 0 unspecified atom stereocenters. The van der Waals surface area contributed by atoms with Gasteiger partial charge in [0.2, 0.25) is 0 Å². The lowest BCUT2D eigenvalue weighted by atomic mass is 10.2. The average molecular weight is 266 g/mol. The molecule has 0 aliphatic rings. The minimum Gasteiger partial charge on any atom is -0.243 e. The third kappa shape index (κ3) is 2.49. The second-order valence-corrected chi connectivity index (χ2v) is 3.23. The Morgan fingerprint density at radius 3 is 2.13 bits per heavy atom. The molecule has 0 bridgehead atoms. The van der Waals surface area contributed by atoms with Crippen molar-refractivity contribution < 1.29 is 22.0 Å². The highest BCUT2D eigenvalue weighted by molar-refractivity contribution is 6.35. The van der Waals surface area contributed by atoms with E-state index in [1.165, 1.54) is 0 Å². The lowest BCUT2D eigenvalue weighted by molar-refractivity contribution is -0.137. The molecule has 1 rings (SSSR count). The van der Waals surface area contributed by atoms with Crippen LogP contribution in [-0.4, -0.2) is 4.98 Å². The van der Waals surface area contributed by atoms with Crippen LogP contribution in [-0.2, 0) is 6.18 Å². The van der Waals surface area contributed by atoms with Gasteiger partial charge in [-0.3, -0.25) is 0 Å². The molecule has 0 atom stereocenters. The Kier molecular flexibility index (Phi) is 3.40. The van der Waals surface area contributed by atoms with Crippen LogP contribution in [0, 0.1) is 0 Å². The third-order valence-electron chi connectivity index (χ3n) is 1.51. The van der Waals surface area contributed by atoms with Crippen LogP contribution in [0.3, 0.4) is 0 Å². The summed E-state index contributed by atoms with van der Waals surface area (Å²) in [4.78, 5) is 3.01. The van der Waals surface area contributed by atoms with Crippen LogP contribution in [0.5, 0.6) is 0 Å². The van der Waals surface area contributed by atoms with Crippen molar-refractivity contribution in [2.24, 2.45) is 0 Å². The number of hydrogen-bond donors (Lipinski definition) is 0. The fraction of sp³-hybridized carbons (Fsp3) is 0.286. The Bertz CT molecular complexity index is 376. The van der Waals surface area contributed by atoms with Gasteiger partial charge in [-0.2, -0.15) is 13.2 Å². The number of rotatable bonds is 1. The predicted octanol–water partition coefficient (Wildman–Crippen LogP) is 4.34. The molecule has 8 heteroatoms. The molecule has 0 saturated carbocycles. The number of hydrogen-bond acceptors (Lipinski definition) is 1. The highest BCUT2D eigenvalue weighted by atomic mass is 35.5. The molecule has 1 heterocycles. The van der Waals surface area contributed by atoms with Gasteiger partial charge in [0.25, 0.3) is 6.43 Å². The normalized spacial score (nSPS) is 12.3. The maximum atomic E-state index is 12.3. The molecular formula is C7H2Cl2F5N. The minimum absolute atomic E-state index is 0.518. The Morgan fingerprint density at radius 1 is 1.20 bits per heavy atom. The maximum Gasteiger partial charge on any atom is 0.420 e. The lowest BCUT2D eigenvalue weighted by Gasteiger charge is -2.12. The van der Waals surface area contributed by atoms with Crippen LogP contribution in [0.4, 0.5) is 22.0 Å². The molecule has 0 N–H and O–H groups in total. The SMILES string of the molecule is FC(F)c1cnc(Cl)c(C(F)(F)F)c1Cl. The van der Waals surface area contributed by atoms with E-state index in [1.807, 2.05) is 0 Å². The zero-order valence-electron chi connectivity index (χ0n) is 6.75. The second-order valence-electron chi connectivity index (χ2n) is 2.49. The second kappa shape index (κ2) is 4.09. The van der Waals surface area contributed by atoms with E-state index in [4.69, 9.17) is 23.2 Å². The highest BCUT2D eigenvalue weighted by Gasteiger charge is 2.38. The van der Waals surface area contributed by atoms with Crippen molar-refractivity contribution in [2.45, 2.75) is 12.6 Å². The largest absolute Gasteiger partial charge is 0.420 e. The van der Waals surface area contributed by atoms with Crippen LogP contribution in [0.1, 0.15) is 17.6 Å². The molecule has 0 spiro atoms. The van der Waals surface area contributed by atoms with E-state index in [2.05, 4.69) is 4.98 Å². The van der Waals surface area contributed by atoms with E-state index < -0.39 is 33.9 Å². The predicted molar refractivity (Wildman–Crippen MR) is 44.2 cm³/mol. The quantitative estimate of drug-likeness (QED) is 0.544. The van der Waals surface area contributed by atoms with Crippen LogP contribution in [0.15, 0.2) is 6.20 Å².